The number of carbonyl (C=O) groups excluding carboxylic acids is 1. The molecule has 0 aliphatic carbocycles. The molecule has 0 bridgehead atoms. The van der Waals surface area contributed by atoms with Gasteiger partial charge in [0.15, 0.2) is 9.84 Å². The van der Waals surface area contributed by atoms with Gasteiger partial charge in [0, 0.05) is 10.7 Å². The second kappa shape index (κ2) is 7.24. The molecule has 1 amide bonds. The predicted molar refractivity (Wildman–Crippen MR) is 96.0 cm³/mol. The Hall–Kier alpha value is -1.75. The molecule has 0 radical (unpaired) electrons. The quantitative estimate of drug-likeness (QED) is 0.692. The number of nitrogens with one attached hydrogen (secondary N) is 1. The van der Waals surface area contributed by atoms with Crippen LogP contribution in [0.3, 0.4) is 0 Å². The van der Waals surface area contributed by atoms with Crippen LogP contribution in [0.25, 0.3) is 0 Å². The third-order valence-corrected chi connectivity index (χ3v) is 6.84. The van der Waals surface area contributed by atoms with Crippen LogP contribution in [-0.4, -0.2) is 29.0 Å². The van der Waals surface area contributed by atoms with Crippen molar-refractivity contribution >= 4 is 41.7 Å². The molecule has 0 fully saturated rings. The second-order valence-electron chi connectivity index (χ2n) is 5.23. The van der Waals surface area contributed by atoms with Crippen LogP contribution >= 0.6 is 15.9 Å². The smallest absolute Gasteiger partial charge is 0.242 e. The summed E-state index contributed by atoms with van der Waals surface area (Å²) in [5.74, 6) is -0.884. The molecule has 10 heteroatoms. The van der Waals surface area contributed by atoms with Crippen LogP contribution in [-0.2, 0) is 24.7 Å². The van der Waals surface area contributed by atoms with Crippen molar-refractivity contribution in [2.24, 2.45) is 5.73 Å². The van der Waals surface area contributed by atoms with E-state index in [0.29, 0.717) is 5.56 Å². The SMILES string of the molecule is CS(=O)(=O)c1ccc(Br)c(S(=O)(=O)NC(C(N)=O)c2ccccc2)c1. The molecule has 3 N–H and O–H groups in total. The first-order valence-corrected chi connectivity index (χ1v) is 11.1. The van der Waals surface area contributed by atoms with E-state index in [-0.39, 0.29) is 14.3 Å². The zero-order chi connectivity index (χ0) is 18.8. The lowest BCUT2D eigenvalue weighted by Gasteiger charge is -2.17. The Morgan fingerprint density at radius 1 is 1.08 bits per heavy atom. The molecule has 0 saturated heterocycles. The Kier molecular flexibility index (Phi) is 5.67. The molecule has 0 aliphatic rings. The predicted octanol–water partition coefficient (Wildman–Crippen LogP) is 1.36. The summed E-state index contributed by atoms with van der Waals surface area (Å²) in [6.07, 6.45) is 0.968. The van der Waals surface area contributed by atoms with Crippen molar-refractivity contribution in [1.29, 1.82) is 0 Å². The molecule has 25 heavy (non-hydrogen) atoms. The summed E-state index contributed by atoms with van der Waals surface area (Å²) in [5, 5.41) is 0. The molecule has 2 rings (SSSR count). The summed E-state index contributed by atoms with van der Waals surface area (Å²) >= 11 is 3.09. The molecule has 1 unspecified atom stereocenters. The fraction of sp³-hybridized carbons (Fsp3) is 0.133. The van der Waals surface area contributed by atoms with Gasteiger partial charge >= 0.3 is 0 Å². The molecular weight excluding hydrogens is 432 g/mol. The monoisotopic (exact) mass is 446 g/mol. The Labute approximate surface area is 154 Å². The zero-order valence-electron chi connectivity index (χ0n) is 13.0. The summed E-state index contributed by atoms with van der Waals surface area (Å²) in [5.41, 5.74) is 5.69. The first-order chi connectivity index (χ1) is 11.5. The van der Waals surface area contributed by atoms with Crippen molar-refractivity contribution in [2.45, 2.75) is 15.8 Å². The number of carbonyl (C=O) groups is 1. The fourth-order valence-corrected chi connectivity index (χ4v) is 4.98. The summed E-state index contributed by atoms with van der Waals surface area (Å²) < 4.78 is 51.1. The van der Waals surface area contributed by atoms with Gasteiger partial charge in [0.05, 0.1) is 9.79 Å². The molecule has 2 aromatic rings. The van der Waals surface area contributed by atoms with E-state index in [1.54, 1.807) is 30.3 Å². The van der Waals surface area contributed by atoms with E-state index in [1.807, 2.05) is 0 Å². The summed E-state index contributed by atoms with van der Waals surface area (Å²) in [4.78, 5) is 11.2. The van der Waals surface area contributed by atoms with Gasteiger partial charge in [-0.1, -0.05) is 30.3 Å². The molecule has 1 atom stereocenters. The third-order valence-electron chi connectivity index (χ3n) is 3.31. The summed E-state index contributed by atoms with van der Waals surface area (Å²) in [6, 6.07) is 10.4. The number of primary amides is 1. The number of sulfone groups is 1. The van der Waals surface area contributed by atoms with Crippen molar-refractivity contribution < 1.29 is 21.6 Å². The Morgan fingerprint density at radius 3 is 2.20 bits per heavy atom. The Balaban J connectivity index is 2.50. The maximum atomic E-state index is 12.7. The van der Waals surface area contributed by atoms with Crippen LogP contribution in [0.4, 0.5) is 0 Å². The van der Waals surface area contributed by atoms with Crippen molar-refractivity contribution in [1.82, 2.24) is 4.72 Å². The van der Waals surface area contributed by atoms with Gasteiger partial charge in [-0.3, -0.25) is 4.79 Å². The van der Waals surface area contributed by atoms with Crippen molar-refractivity contribution in [2.75, 3.05) is 6.26 Å². The summed E-state index contributed by atoms with van der Waals surface area (Å²) in [6.45, 7) is 0. The van der Waals surface area contributed by atoms with Crippen molar-refractivity contribution in [3.8, 4) is 0 Å². The fourth-order valence-electron chi connectivity index (χ4n) is 2.07. The lowest BCUT2D eigenvalue weighted by molar-refractivity contribution is -0.119. The highest BCUT2D eigenvalue weighted by molar-refractivity contribution is 9.10. The number of hydrogen-bond acceptors (Lipinski definition) is 5. The summed E-state index contributed by atoms with van der Waals surface area (Å²) in [7, 11) is -7.83. The molecule has 0 heterocycles. The lowest BCUT2D eigenvalue weighted by atomic mass is 10.1. The van der Waals surface area contributed by atoms with Crippen molar-refractivity contribution in [3.05, 3.63) is 58.6 Å². The minimum absolute atomic E-state index is 0.156. The van der Waals surface area contributed by atoms with Crippen LogP contribution in [0.1, 0.15) is 11.6 Å². The topological polar surface area (TPSA) is 123 Å². The van der Waals surface area contributed by atoms with Crippen LogP contribution in [0.15, 0.2) is 62.8 Å². The zero-order valence-corrected chi connectivity index (χ0v) is 16.2. The van der Waals surface area contributed by atoms with Crippen LogP contribution < -0.4 is 10.5 Å². The van der Waals surface area contributed by atoms with Gasteiger partial charge in [-0.25, -0.2) is 16.8 Å². The molecule has 7 nitrogen and oxygen atoms in total. The van der Waals surface area contributed by atoms with Gasteiger partial charge in [0.25, 0.3) is 0 Å². The maximum Gasteiger partial charge on any atom is 0.242 e. The van der Waals surface area contributed by atoms with Gasteiger partial charge in [0.2, 0.25) is 15.9 Å². The molecule has 2 aromatic carbocycles. The molecule has 0 aromatic heterocycles. The van der Waals surface area contributed by atoms with E-state index in [9.17, 15) is 21.6 Å². The standard InChI is InChI=1S/C15H15BrN2O5S2/c1-24(20,21)11-7-8-12(16)13(9-11)25(22,23)18-14(15(17)19)10-5-3-2-4-6-10/h2-9,14,18H,1H3,(H2,17,19). The van der Waals surface area contributed by atoms with E-state index in [0.717, 1.165) is 12.3 Å². The van der Waals surface area contributed by atoms with E-state index in [4.69, 9.17) is 5.73 Å². The number of amides is 1. The molecular formula is C15H15BrN2O5S2. The maximum absolute atomic E-state index is 12.7. The number of halogens is 1. The first kappa shape index (κ1) is 19.6. The number of sulfonamides is 1. The van der Waals surface area contributed by atoms with Gasteiger partial charge in [0.1, 0.15) is 6.04 Å². The van der Waals surface area contributed by atoms with Gasteiger partial charge in [-0.05, 0) is 39.7 Å². The highest BCUT2D eigenvalue weighted by Crippen LogP contribution is 2.27. The van der Waals surface area contributed by atoms with E-state index in [1.165, 1.54) is 12.1 Å². The van der Waals surface area contributed by atoms with Gasteiger partial charge in [-0.2, -0.15) is 4.72 Å². The highest BCUT2D eigenvalue weighted by atomic mass is 79.9. The first-order valence-electron chi connectivity index (χ1n) is 6.88. The van der Waals surface area contributed by atoms with E-state index < -0.39 is 31.8 Å². The Morgan fingerprint density at radius 2 is 1.68 bits per heavy atom. The van der Waals surface area contributed by atoms with Gasteiger partial charge < -0.3 is 5.73 Å². The van der Waals surface area contributed by atoms with Crippen molar-refractivity contribution in [3.63, 3.8) is 0 Å². The minimum atomic E-state index is -4.23. The minimum Gasteiger partial charge on any atom is -0.368 e. The van der Waals surface area contributed by atoms with Gasteiger partial charge in [-0.15, -0.1) is 0 Å². The van der Waals surface area contributed by atoms with Crippen LogP contribution in [0.2, 0.25) is 0 Å². The third kappa shape index (κ3) is 4.66. The number of benzene rings is 2. The van der Waals surface area contributed by atoms with Crippen LogP contribution in [0.5, 0.6) is 0 Å². The molecule has 0 aliphatic heterocycles. The lowest BCUT2D eigenvalue weighted by Crippen LogP contribution is -2.37. The average Bonchev–Trinajstić information content (AvgIpc) is 2.52. The second-order valence-corrected chi connectivity index (χ2v) is 9.78. The number of rotatable bonds is 6. The molecule has 0 spiro atoms. The van der Waals surface area contributed by atoms with E-state index >= 15 is 0 Å². The van der Waals surface area contributed by atoms with E-state index in [2.05, 4.69) is 20.7 Å². The Bertz CT molecular complexity index is 1010. The number of hydrogen-bond donors (Lipinski definition) is 2. The average molecular weight is 447 g/mol. The molecule has 0 saturated carbocycles. The highest BCUT2D eigenvalue weighted by Gasteiger charge is 2.27. The molecule has 134 valence electrons. The largest absolute Gasteiger partial charge is 0.368 e. The number of nitrogens with two attached hydrogens (primary N) is 1. The normalized spacial score (nSPS) is 13.4. The van der Waals surface area contributed by atoms with Crippen LogP contribution in [0, 0.1) is 0 Å².